The van der Waals surface area contributed by atoms with E-state index in [0.29, 0.717) is 12.1 Å². The van der Waals surface area contributed by atoms with Gasteiger partial charge in [-0.2, -0.15) is 5.10 Å². The second-order valence-electron chi connectivity index (χ2n) is 3.50. The number of halogens is 1. The van der Waals surface area contributed by atoms with Crippen LogP contribution in [0, 0.1) is 5.82 Å². The Bertz CT molecular complexity index is 523. The number of nitrogens with zero attached hydrogens (tertiary/aromatic N) is 2. The molecule has 0 aliphatic carbocycles. The van der Waals surface area contributed by atoms with Crippen LogP contribution in [0.3, 0.4) is 0 Å². The Labute approximate surface area is 97.6 Å². The number of benzene rings is 1. The standard InChI is InChI=1S/C12H11FN2O2/c1-17-12(16)9-3-4-10(11(13)7-9)8-15-6-2-5-14-15/h2-7H,8H2,1H3. The molecule has 1 aromatic heterocycles. The van der Waals surface area contributed by atoms with Crippen molar-refractivity contribution in [2.75, 3.05) is 7.11 Å². The maximum atomic E-state index is 13.7. The zero-order valence-electron chi connectivity index (χ0n) is 9.26. The van der Waals surface area contributed by atoms with Gasteiger partial charge in [-0.15, -0.1) is 0 Å². The minimum atomic E-state index is -0.547. The molecule has 0 amide bonds. The lowest BCUT2D eigenvalue weighted by Gasteiger charge is -2.05. The highest BCUT2D eigenvalue weighted by Crippen LogP contribution is 2.12. The van der Waals surface area contributed by atoms with Crippen LogP contribution >= 0.6 is 0 Å². The van der Waals surface area contributed by atoms with Crippen molar-refractivity contribution in [2.24, 2.45) is 0 Å². The third kappa shape index (κ3) is 2.50. The Morgan fingerprint density at radius 2 is 2.35 bits per heavy atom. The van der Waals surface area contributed by atoms with E-state index in [1.54, 1.807) is 29.2 Å². The second-order valence-corrected chi connectivity index (χ2v) is 3.50. The van der Waals surface area contributed by atoms with Crippen molar-refractivity contribution < 1.29 is 13.9 Å². The lowest BCUT2D eigenvalue weighted by Crippen LogP contribution is -2.06. The molecule has 0 atom stereocenters. The minimum absolute atomic E-state index is 0.203. The van der Waals surface area contributed by atoms with Gasteiger partial charge < -0.3 is 4.74 Å². The van der Waals surface area contributed by atoms with Crippen LogP contribution in [0.15, 0.2) is 36.7 Å². The number of ether oxygens (including phenoxy) is 1. The predicted molar refractivity (Wildman–Crippen MR) is 59.1 cm³/mol. The molecule has 0 unspecified atom stereocenters. The molecule has 0 saturated heterocycles. The highest BCUT2D eigenvalue weighted by Gasteiger charge is 2.09. The molecule has 0 aliphatic rings. The number of carbonyl (C=O) groups excluding carboxylic acids is 1. The summed E-state index contributed by atoms with van der Waals surface area (Å²) >= 11 is 0. The third-order valence-corrected chi connectivity index (χ3v) is 2.37. The molecule has 0 saturated carbocycles. The van der Waals surface area contributed by atoms with Gasteiger partial charge in [0, 0.05) is 18.0 Å². The number of rotatable bonds is 3. The van der Waals surface area contributed by atoms with Crippen LogP contribution in [0.2, 0.25) is 0 Å². The van der Waals surface area contributed by atoms with E-state index in [1.165, 1.54) is 19.2 Å². The van der Waals surface area contributed by atoms with Gasteiger partial charge in [-0.05, 0) is 18.2 Å². The molecule has 0 fully saturated rings. The lowest BCUT2D eigenvalue weighted by molar-refractivity contribution is 0.0600. The van der Waals surface area contributed by atoms with Gasteiger partial charge in [-0.25, -0.2) is 9.18 Å². The highest BCUT2D eigenvalue weighted by atomic mass is 19.1. The first kappa shape index (κ1) is 11.3. The summed E-state index contributed by atoms with van der Waals surface area (Å²) in [6.07, 6.45) is 3.37. The molecule has 0 bridgehead atoms. The molecule has 1 aromatic carbocycles. The molecule has 0 aliphatic heterocycles. The van der Waals surface area contributed by atoms with Gasteiger partial charge in [0.1, 0.15) is 5.82 Å². The van der Waals surface area contributed by atoms with E-state index in [0.717, 1.165) is 0 Å². The van der Waals surface area contributed by atoms with Gasteiger partial charge in [-0.3, -0.25) is 4.68 Å². The quantitative estimate of drug-likeness (QED) is 0.761. The first-order valence-corrected chi connectivity index (χ1v) is 5.05. The molecule has 0 N–H and O–H groups in total. The van der Waals surface area contributed by atoms with Gasteiger partial charge in [0.15, 0.2) is 0 Å². The van der Waals surface area contributed by atoms with E-state index in [9.17, 15) is 9.18 Å². The van der Waals surface area contributed by atoms with Crippen LogP contribution in [-0.4, -0.2) is 22.9 Å². The number of methoxy groups -OCH3 is 1. The normalized spacial score (nSPS) is 10.2. The van der Waals surface area contributed by atoms with Crippen LogP contribution in [0.5, 0.6) is 0 Å². The van der Waals surface area contributed by atoms with Crippen molar-refractivity contribution in [2.45, 2.75) is 6.54 Å². The second kappa shape index (κ2) is 4.78. The Morgan fingerprint density at radius 1 is 1.53 bits per heavy atom. The minimum Gasteiger partial charge on any atom is -0.465 e. The zero-order chi connectivity index (χ0) is 12.3. The van der Waals surface area contributed by atoms with Crippen molar-refractivity contribution in [1.82, 2.24) is 9.78 Å². The van der Waals surface area contributed by atoms with Crippen LogP contribution in [0.4, 0.5) is 4.39 Å². The number of hydrogen-bond acceptors (Lipinski definition) is 3. The molecular weight excluding hydrogens is 223 g/mol. The van der Waals surface area contributed by atoms with Crippen molar-refractivity contribution in [3.63, 3.8) is 0 Å². The molecule has 17 heavy (non-hydrogen) atoms. The summed E-state index contributed by atoms with van der Waals surface area (Å²) in [5, 5.41) is 3.98. The first-order valence-electron chi connectivity index (χ1n) is 5.05. The van der Waals surface area contributed by atoms with Gasteiger partial charge in [0.25, 0.3) is 0 Å². The van der Waals surface area contributed by atoms with Crippen molar-refractivity contribution >= 4 is 5.97 Å². The molecule has 0 radical (unpaired) electrons. The van der Waals surface area contributed by atoms with Gasteiger partial charge in [0.2, 0.25) is 0 Å². The SMILES string of the molecule is COC(=O)c1ccc(Cn2cccn2)c(F)c1. The van der Waals surface area contributed by atoms with E-state index < -0.39 is 11.8 Å². The maximum absolute atomic E-state index is 13.7. The van der Waals surface area contributed by atoms with Gasteiger partial charge in [0.05, 0.1) is 19.2 Å². The summed E-state index contributed by atoms with van der Waals surface area (Å²) in [6, 6.07) is 6.03. The van der Waals surface area contributed by atoms with E-state index >= 15 is 0 Å². The summed E-state index contributed by atoms with van der Waals surface area (Å²) in [5.41, 5.74) is 0.676. The average molecular weight is 234 g/mol. The summed E-state index contributed by atoms with van der Waals surface area (Å²) in [5.74, 6) is -0.988. The highest BCUT2D eigenvalue weighted by molar-refractivity contribution is 5.89. The van der Waals surface area contributed by atoms with Crippen molar-refractivity contribution in [1.29, 1.82) is 0 Å². The zero-order valence-corrected chi connectivity index (χ0v) is 9.26. The van der Waals surface area contributed by atoms with E-state index in [-0.39, 0.29) is 5.56 Å². The molecule has 2 rings (SSSR count). The molecule has 2 aromatic rings. The monoisotopic (exact) mass is 234 g/mol. The number of esters is 1. The maximum Gasteiger partial charge on any atom is 0.337 e. The third-order valence-electron chi connectivity index (χ3n) is 2.37. The number of hydrogen-bond donors (Lipinski definition) is 0. The van der Waals surface area contributed by atoms with Crippen LogP contribution in [0.1, 0.15) is 15.9 Å². The fourth-order valence-electron chi connectivity index (χ4n) is 1.49. The Balaban J connectivity index is 2.23. The fourth-order valence-corrected chi connectivity index (χ4v) is 1.49. The van der Waals surface area contributed by atoms with E-state index in [1.807, 2.05) is 0 Å². The summed E-state index contributed by atoms with van der Waals surface area (Å²) in [7, 11) is 1.26. The molecule has 4 nitrogen and oxygen atoms in total. The van der Waals surface area contributed by atoms with Gasteiger partial charge in [-0.1, -0.05) is 6.07 Å². The Kier molecular flexibility index (Phi) is 3.18. The predicted octanol–water partition coefficient (Wildman–Crippen LogP) is 1.86. The summed E-state index contributed by atoms with van der Waals surface area (Å²) < 4.78 is 19.8. The van der Waals surface area contributed by atoms with E-state index in [2.05, 4.69) is 9.84 Å². The van der Waals surface area contributed by atoms with Crippen LogP contribution in [-0.2, 0) is 11.3 Å². The topological polar surface area (TPSA) is 44.1 Å². The van der Waals surface area contributed by atoms with E-state index in [4.69, 9.17) is 0 Å². The molecule has 1 heterocycles. The summed E-state index contributed by atoms with van der Waals surface area (Å²) in [6.45, 7) is 0.334. The number of carbonyl (C=O) groups is 1. The summed E-state index contributed by atoms with van der Waals surface area (Å²) in [4.78, 5) is 11.2. The van der Waals surface area contributed by atoms with Crippen LogP contribution in [0.25, 0.3) is 0 Å². The molecular formula is C12H11FN2O2. The first-order chi connectivity index (χ1) is 8.20. The Hall–Kier alpha value is -2.17. The van der Waals surface area contributed by atoms with Crippen LogP contribution < -0.4 is 0 Å². The fraction of sp³-hybridized carbons (Fsp3) is 0.167. The molecule has 0 spiro atoms. The number of aromatic nitrogens is 2. The smallest absolute Gasteiger partial charge is 0.337 e. The lowest BCUT2D eigenvalue weighted by atomic mass is 10.1. The largest absolute Gasteiger partial charge is 0.465 e. The van der Waals surface area contributed by atoms with Crippen molar-refractivity contribution in [3.05, 3.63) is 53.6 Å². The van der Waals surface area contributed by atoms with Gasteiger partial charge >= 0.3 is 5.97 Å². The molecule has 88 valence electrons. The average Bonchev–Trinajstić information content (AvgIpc) is 2.83. The Morgan fingerprint density at radius 3 is 2.94 bits per heavy atom. The molecule has 5 heteroatoms. The van der Waals surface area contributed by atoms with Crippen molar-refractivity contribution in [3.8, 4) is 0 Å².